The van der Waals surface area contributed by atoms with Crippen molar-refractivity contribution in [2.45, 2.75) is 76.7 Å². The molecule has 0 saturated carbocycles. The molecule has 138 valence electrons. The SMILES string of the molecule is C[C@@H]1[C@@H]2O[C@@H]3C(=O)[C@H]1O[C@@H]3[C@H]2C.C[C@@H]1[C@@H]2O[C@@H]3OC(=O)[C@H]1O[C@@H]3[C@H]2C. The molecule has 7 heterocycles. The Morgan fingerprint density at radius 1 is 0.600 bits per heavy atom. The van der Waals surface area contributed by atoms with Gasteiger partial charge in [-0.05, 0) is 0 Å². The first-order valence-corrected chi connectivity index (χ1v) is 9.24. The lowest BCUT2D eigenvalue weighted by Gasteiger charge is -2.38. The fourth-order valence-electron chi connectivity index (χ4n) is 5.41. The molecule has 7 aliphatic heterocycles. The predicted molar refractivity (Wildman–Crippen MR) is 82.4 cm³/mol. The van der Waals surface area contributed by atoms with E-state index in [1.165, 1.54) is 0 Å². The van der Waals surface area contributed by atoms with E-state index in [1.807, 2.05) is 13.8 Å². The first-order valence-electron chi connectivity index (χ1n) is 9.24. The van der Waals surface area contributed by atoms with Crippen molar-refractivity contribution < 1.29 is 33.3 Å². The van der Waals surface area contributed by atoms with Crippen molar-refractivity contribution in [1.82, 2.24) is 0 Å². The molecule has 0 radical (unpaired) electrons. The minimum Gasteiger partial charge on any atom is -0.431 e. The van der Waals surface area contributed by atoms with Gasteiger partial charge in [-0.2, -0.15) is 0 Å². The van der Waals surface area contributed by atoms with E-state index < -0.39 is 12.4 Å². The lowest BCUT2D eigenvalue weighted by Crippen LogP contribution is -2.53. The third-order valence-electron chi connectivity index (χ3n) is 6.86. The number of hydrogen-bond acceptors (Lipinski definition) is 7. The molecule has 12 atom stereocenters. The van der Waals surface area contributed by atoms with Gasteiger partial charge in [-0.1, -0.05) is 27.7 Å². The maximum Gasteiger partial charge on any atom is 0.338 e. The van der Waals surface area contributed by atoms with E-state index in [2.05, 4.69) is 13.8 Å². The molecule has 7 rings (SSSR count). The number of carbonyl (C=O) groups is 2. The molecule has 0 aromatic rings. The van der Waals surface area contributed by atoms with Crippen molar-refractivity contribution >= 4 is 11.8 Å². The predicted octanol–water partition coefficient (Wildman–Crippen LogP) is 0.684. The molecule has 7 nitrogen and oxygen atoms in total. The molecule has 0 unspecified atom stereocenters. The fourth-order valence-corrected chi connectivity index (χ4v) is 5.41. The van der Waals surface area contributed by atoms with E-state index in [0.717, 1.165) is 0 Å². The van der Waals surface area contributed by atoms with Gasteiger partial charge in [0.1, 0.15) is 18.3 Å². The minimum absolute atomic E-state index is 0.0381. The van der Waals surface area contributed by atoms with Crippen LogP contribution < -0.4 is 0 Å². The third-order valence-corrected chi connectivity index (χ3v) is 6.86. The summed E-state index contributed by atoms with van der Waals surface area (Å²) in [7, 11) is 0. The quantitative estimate of drug-likeness (QED) is 0.593. The standard InChI is InChI=1S/C9H12O4.C9H12O3/c1-3-5-4(2)7-9(12-5)13-8(10)6(3)11-7;1-3-6-4(2)8-9(11-6)5(10)7(3)12-8/h3-7,9H,1-2H3;3-4,6-9H,1-2H3/t3-,4+,5+,6+,7-,9-;3-,4+,6+,7+,8-,9-/m11/s1. The van der Waals surface area contributed by atoms with Crippen molar-refractivity contribution in [2.24, 2.45) is 23.7 Å². The summed E-state index contributed by atoms with van der Waals surface area (Å²) in [5, 5.41) is 0. The Labute approximate surface area is 146 Å². The largest absolute Gasteiger partial charge is 0.431 e. The molecule has 0 amide bonds. The van der Waals surface area contributed by atoms with E-state index in [-0.39, 0.29) is 60.2 Å². The zero-order chi connectivity index (χ0) is 17.6. The summed E-state index contributed by atoms with van der Waals surface area (Å²) in [5.41, 5.74) is 0. The third kappa shape index (κ3) is 2.01. The summed E-state index contributed by atoms with van der Waals surface area (Å²) in [6.45, 7) is 8.22. The molecular weight excluding hydrogens is 328 g/mol. The highest BCUT2D eigenvalue weighted by atomic mass is 16.8. The van der Waals surface area contributed by atoms with Gasteiger partial charge in [0, 0.05) is 23.7 Å². The highest BCUT2D eigenvalue weighted by Gasteiger charge is 2.63. The second kappa shape index (κ2) is 5.25. The molecule has 25 heavy (non-hydrogen) atoms. The average Bonchev–Trinajstić information content (AvgIpc) is 3.05. The number of Topliss-reactive ketones (excluding diaryl/α,β-unsaturated/α-hetero) is 1. The molecule has 7 saturated heterocycles. The first kappa shape index (κ1) is 16.2. The van der Waals surface area contributed by atoms with Crippen molar-refractivity contribution in [3.63, 3.8) is 0 Å². The topological polar surface area (TPSA) is 80.3 Å². The number of ether oxygens (including phenoxy) is 5. The fraction of sp³-hybridized carbons (Fsp3) is 0.889. The number of rotatable bonds is 0. The molecular formula is C18H24O7. The summed E-state index contributed by atoms with van der Waals surface area (Å²) in [4.78, 5) is 22.9. The van der Waals surface area contributed by atoms with Gasteiger partial charge in [-0.3, -0.25) is 4.79 Å². The van der Waals surface area contributed by atoms with Gasteiger partial charge in [0.25, 0.3) is 0 Å². The summed E-state index contributed by atoms with van der Waals surface area (Å²) in [6, 6.07) is 0. The Kier molecular flexibility index (Phi) is 3.40. The average molecular weight is 352 g/mol. The Morgan fingerprint density at radius 3 is 1.88 bits per heavy atom. The molecule has 0 N–H and O–H groups in total. The van der Waals surface area contributed by atoms with Gasteiger partial charge in [0.05, 0.1) is 18.3 Å². The maximum atomic E-state index is 11.5. The maximum absolute atomic E-state index is 11.5. The highest BCUT2D eigenvalue weighted by Crippen LogP contribution is 2.48. The van der Waals surface area contributed by atoms with Crippen LogP contribution in [0.25, 0.3) is 0 Å². The van der Waals surface area contributed by atoms with Crippen LogP contribution in [0.2, 0.25) is 0 Å². The lowest BCUT2D eigenvalue weighted by atomic mass is 9.84. The van der Waals surface area contributed by atoms with E-state index in [1.54, 1.807) is 0 Å². The minimum atomic E-state index is -0.450. The second-order valence-corrected chi connectivity index (χ2v) is 8.31. The number of esters is 1. The van der Waals surface area contributed by atoms with Gasteiger partial charge in [-0.25, -0.2) is 4.79 Å². The molecule has 7 fully saturated rings. The second-order valence-electron chi connectivity index (χ2n) is 8.31. The molecule has 7 heteroatoms. The van der Waals surface area contributed by atoms with Crippen LogP contribution in [0.5, 0.6) is 0 Å². The number of ketones is 1. The van der Waals surface area contributed by atoms with Gasteiger partial charge in [0.15, 0.2) is 11.9 Å². The van der Waals surface area contributed by atoms with Crippen LogP contribution in [0, 0.1) is 23.7 Å². The lowest BCUT2D eigenvalue weighted by molar-refractivity contribution is -0.225. The van der Waals surface area contributed by atoms with Gasteiger partial charge < -0.3 is 23.7 Å². The highest BCUT2D eigenvalue weighted by molar-refractivity contribution is 5.91. The van der Waals surface area contributed by atoms with Crippen molar-refractivity contribution in [1.29, 1.82) is 0 Å². The molecule has 7 aliphatic rings. The van der Waals surface area contributed by atoms with E-state index in [9.17, 15) is 9.59 Å². The molecule has 0 aliphatic carbocycles. The Bertz CT molecular complexity index is 615. The summed E-state index contributed by atoms with van der Waals surface area (Å²) in [6.07, 6.45) is -0.830. The monoisotopic (exact) mass is 352 g/mol. The molecule has 0 spiro atoms. The van der Waals surface area contributed by atoms with E-state index in [0.29, 0.717) is 11.8 Å². The van der Waals surface area contributed by atoms with Crippen LogP contribution >= 0.6 is 0 Å². The van der Waals surface area contributed by atoms with Gasteiger partial charge >= 0.3 is 5.97 Å². The van der Waals surface area contributed by atoms with Crippen LogP contribution in [0.1, 0.15) is 27.7 Å². The molecule has 0 aromatic heterocycles. The normalized spacial score (nSPS) is 59.8. The Morgan fingerprint density at radius 2 is 1.16 bits per heavy atom. The Balaban J connectivity index is 0.000000112. The van der Waals surface area contributed by atoms with Crippen molar-refractivity contribution in [3.05, 3.63) is 0 Å². The van der Waals surface area contributed by atoms with E-state index >= 15 is 0 Å². The number of fused-ring (bicyclic) bond motifs is 2. The summed E-state index contributed by atoms with van der Waals surface area (Å²) < 4.78 is 27.6. The number of carbonyl (C=O) groups excluding carboxylic acids is 2. The number of hydrogen-bond donors (Lipinski definition) is 0. The first-order chi connectivity index (χ1) is 11.9. The Hall–Kier alpha value is -1.02. The van der Waals surface area contributed by atoms with Crippen molar-refractivity contribution in [2.75, 3.05) is 0 Å². The van der Waals surface area contributed by atoms with E-state index in [4.69, 9.17) is 23.7 Å². The molecule has 0 aromatic carbocycles. The van der Waals surface area contributed by atoms with Crippen LogP contribution in [0.4, 0.5) is 0 Å². The smallest absolute Gasteiger partial charge is 0.338 e. The van der Waals surface area contributed by atoms with Crippen LogP contribution in [-0.2, 0) is 33.3 Å². The van der Waals surface area contributed by atoms with Gasteiger partial charge in [-0.15, -0.1) is 0 Å². The van der Waals surface area contributed by atoms with Gasteiger partial charge in [0.2, 0.25) is 6.29 Å². The zero-order valence-electron chi connectivity index (χ0n) is 14.8. The molecule has 7 bridgehead atoms. The summed E-state index contributed by atoms with van der Waals surface area (Å²) in [5.74, 6) is 1.02. The van der Waals surface area contributed by atoms with Crippen LogP contribution in [0.3, 0.4) is 0 Å². The van der Waals surface area contributed by atoms with Crippen molar-refractivity contribution in [3.8, 4) is 0 Å². The van der Waals surface area contributed by atoms with Crippen LogP contribution in [-0.4, -0.2) is 60.8 Å². The summed E-state index contributed by atoms with van der Waals surface area (Å²) >= 11 is 0. The zero-order valence-corrected chi connectivity index (χ0v) is 14.8. The van der Waals surface area contributed by atoms with Crippen LogP contribution in [0.15, 0.2) is 0 Å².